The van der Waals surface area contributed by atoms with Gasteiger partial charge in [-0.05, 0) is 30.5 Å². The molecule has 3 N–H and O–H groups in total. The fourth-order valence-corrected chi connectivity index (χ4v) is 2.00. The molecule has 0 bridgehead atoms. The zero-order valence-corrected chi connectivity index (χ0v) is 9.40. The van der Waals surface area contributed by atoms with E-state index in [9.17, 15) is 4.79 Å². The van der Waals surface area contributed by atoms with E-state index in [1.165, 1.54) is 0 Å². The third-order valence-corrected chi connectivity index (χ3v) is 3.53. The molecular formula is C10H10Cl2N2O. The Morgan fingerprint density at radius 2 is 2.00 bits per heavy atom. The predicted molar refractivity (Wildman–Crippen MR) is 59.7 cm³/mol. The van der Waals surface area contributed by atoms with E-state index in [4.69, 9.17) is 29.0 Å². The van der Waals surface area contributed by atoms with Gasteiger partial charge in [-0.2, -0.15) is 0 Å². The number of rotatable bonds is 2. The Kier molecular flexibility index (Phi) is 2.63. The first-order chi connectivity index (χ1) is 7.10. The zero-order valence-electron chi connectivity index (χ0n) is 7.89. The van der Waals surface area contributed by atoms with Gasteiger partial charge in [-0.15, -0.1) is 0 Å². The van der Waals surface area contributed by atoms with E-state index in [0.29, 0.717) is 10.0 Å². The average Bonchev–Trinajstić information content (AvgIpc) is 3.02. The highest BCUT2D eigenvalue weighted by Gasteiger charge is 2.51. The Morgan fingerprint density at radius 3 is 2.47 bits per heavy atom. The van der Waals surface area contributed by atoms with Gasteiger partial charge in [0.1, 0.15) is 0 Å². The molecule has 5 heteroatoms. The summed E-state index contributed by atoms with van der Waals surface area (Å²) in [7, 11) is 0. The Labute approximate surface area is 97.5 Å². The van der Waals surface area contributed by atoms with E-state index in [1.807, 2.05) is 6.07 Å². The van der Waals surface area contributed by atoms with Crippen molar-refractivity contribution in [2.75, 3.05) is 0 Å². The second-order valence-electron chi connectivity index (χ2n) is 3.68. The Balaban J connectivity index is 2.38. The normalized spacial score (nSPS) is 17.3. The molecule has 1 amide bonds. The highest BCUT2D eigenvalue weighted by atomic mass is 35.5. The molecule has 0 unspecified atom stereocenters. The van der Waals surface area contributed by atoms with E-state index in [2.05, 4.69) is 5.43 Å². The molecule has 1 aliphatic carbocycles. The highest BCUT2D eigenvalue weighted by molar-refractivity contribution is 6.42. The number of hydrazine groups is 1. The van der Waals surface area contributed by atoms with Gasteiger partial charge in [-0.1, -0.05) is 29.3 Å². The third kappa shape index (κ3) is 1.71. The predicted octanol–water partition coefficient (Wildman–Crippen LogP) is 2.01. The molecule has 0 aliphatic heterocycles. The quantitative estimate of drug-likeness (QED) is 0.475. The zero-order chi connectivity index (χ0) is 11.1. The summed E-state index contributed by atoms with van der Waals surface area (Å²) in [6.45, 7) is 0. The van der Waals surface area contributed by atoms with E-state index < -0.39 is 5.41 Å². The van der Waals surface area contributed by atoms with Gasteiger partial charge in [0.15, 0.2) is 0 Å². The minimum Gasteiger partial charge on any atom is -0.293 e. The molecular weight excluding hydrogens is 235 g/mol. The van der Waals surface area contributed by atoms with Crippen molar-refractivity contribution in [3.05, 3.63) is 33.8 Å². The maximum atomic E-state index is 11.6. The number of hydrogen-bond donors (Lipinski definition) is 2. The summed E-state index contributed by atoms with van der Waals surface area (Å²) in [5, 5.41) is 0.953. The summed E-state index contributed by atoms with van der Waals surface area (Å²) in [6.07, 6.45) is 1.60. The number of amides is 1. The molecule has 0 aromatic heterocycles. The van der Waals surface area contributed by atoms with Crippen LogP contribution in [0.15, 0.2) is 18.2 Å². The van der Waals surface area contributed by atoms with Crippen LogP contribution in [0.25, 0.3) is 0 Å². The maximum Gasteiger partial charge on any atom is 0.244 e. The molecule has 1 fully saturated rings. The number of halogens is 2. The van der Waals surface area contributed by atoms with Crippen molar-refractivity contribution in [3.63, 3.8) is 0 Å². The van der Waals surface area contributed by atoms with Crippen molar-refractivity contribution >= 4 is 29.1 Å². The van der Waals surface area contributed by atoms with Gasteiger partial charge in [-0.3, -0.25) is 10.2 Å². The monoisotopic (exact) mass is 244 g/mol. The van der Waals surface area contributed by atoms with Gasteiger partial charge in [0.2, 0.25) is 5.91 Å². The molecule has 15 heavy (non-hydrogen) atoms. The molecule has 0 heterocycles. The number of carbonyl (C=O) groups excluding carboxylic acids is 1. The minimum absolute atomic E-state index is 0.166. The van der Waals surface area contributed by atoms with Crippen molar-refractivity contribution in [1.82, 2.24) is 5.43 Å². The summed E-state index contributed by atoms with van der Waals surface area (Å²) in [4.78, 5) is 11.6. The largest absolute Gasteiger partial charge is 0.293 e. The smallest absolute Gasteiger partial charge is 0.244 e. The van der Waals surface area contributed by atoms with Crippen LogP contribution in [0.3, 0.4) is 0 Å². The summed E-state index contributed by atoms with van der Waals surface area (Å²) in [5.41, 5.74) is 2.58. The lowest BCUT2D eigenvalue weighted by atomic mass is 9.95. The fraction of sp³-hybridized carbons (Fsp3) is 0.300. The summed E-state index contributed by atoms with van der Waals surface area (Å²) < 4.78 is 0. The lowest BCUT2D eigenvalue weighted by Gasteiger charge is -2.14. The van der Waals surface area contributed by atoms with Crippen molar-refractivity contribution in [2.45, 2.75) is 18.3 Å². The molecule has 1 aromatic carbocycles. The van der Waals surface area contributed by atoms with Gasteiger partial charge in [0, 0.05) is 0 Å². The number of nitrogens with two attached hydrogens (primary N) is 1. The first-order valence-electron chi connectivity index (χ1n) is 4.57. The molecule has 80 valence electrons. The number of hydrogen-bond acceptors (Lipinski definition) is 2. The molecule has 0 saturated heterocycles. The average molecular weight is 245 g/mol. The van der Waals surface area contributed by atoms with Gasteiger partial charge < -0.3 is 0 Å². The van der Waals surface area contributed by atoms with Crippen LogP contribution in [0.2, 0.25) is 10.0 Å². The van der Waals surface area contributed by atoms with Gasteiger partial charge in [0.25, 0.3) is 0 Å². The topological polar surface area (TPSA) is 55.1 Å². The third-order valence-electron chi connectivity index (χ3n) is 2.79. The molecule has 2 rings (SSSR count). The molecule has 0 atom stereocenters. The van der Waals surface area contributed by atoms with E-state index in [1.54, 1.807) is 12.1 Å². The molecule has 1 saturated carbocycles. The lowest BCUT2D eigenvalue weighted by molar-refractivity contribution is -0.123. The van der Waals surface area contributed by atoms with Crippen LogP contribution in [0.1, 0.15) is 18.4 Å². The van der Waals surface area contributed by atoms with E-state index in [-0.39, 0.29) is 5.91 Å². The SMILES string of the molecule is NNC(=O)C1(c2ccc(Cl)c(Cl)c2)CC1. The van der Waals surface area contributed by atoms with Crippen LogP contribution in [0, 0.1) is 0 Å². The number of nitrogens with one attached hydrogen (secondary N) is 1. The number of benzene rings is 1. The van der Waals surface area contributed by atoms with Gasteiger partial charge in [0.05, 0.1) is 15.5 Å². The number of carbonyl (C=O) groups is 1. The van der Waals surface area contributed by atoms with Crippen LogP contribution in [0.5, 0.6) is 0 Å². The van der Waals surface area contributed by atoms with Crippen molar-refractivity contribution in [1.29, 1.82) is 0 Å². The Hall–Kier alpha value is -0.770. The van der Waals surface area contributed by atoms with E-state index in [0.717, 1.165) is 18.4 Å². The summed E-state index contributed by atoms with van der Waals surface area (Å²) in [6, 6.07) is 5.24. The van der Waals surface area contributed by atoms with Crippen molar-refractivity contribution in [3.8, 4) is 0 Å². The van der Waals surface area contributed by atoms with Crippen LogP contribution < -0.4 is 11.3 Å². The van der Waals surface area contributed by atoms with Gasteiger partial charge >= 0.3 is 0 Å². The van der Waals surface area contributed by atoms with Crippen LogP contribution in [0.4, 0.5) is 0 Å². The molecule has 1 aliphatic rings. The molecule has 1 aromatic rings. The van der Waals surface area contributed by atoms with Crippen molar-refractivity contribution in [2.24, 2.45) is 5.84 Å². The Morgan fingerprint density at radius 1 is 1.33 bits per heavy atom. The highest BCUT2D eigenvalue weighted by Crippen LogP contribution is 2.49. The molecule has 3 nitrogen and oxygen atoms in total. The van der Waals surface area contributed by atoms with Crippen LogP contribution in [-0.2, 0) is 10.2 Å². The summed E-state index contributed by atoms with van der Waals surface area (Å²) >= 11 is 11.7. The maximum absolute atomic E-state index is 11.6. The molecule has 0 radical (unpaired) electrons. The van der Waals surface area contributed by atoms with Crippen LogP contribution >= 0.6 is 23.2 Å². The standard InChI is InChI=1S/C10H10Cl2N2O/c11-7-2-1-6(5-8(7)12)10(3-4-10)9(15)14-13/h1-2,5H,3-4,13H2,(H,14,15). The first kappa shape index (κ1) is 10.7. The fourth-order valence-electron chi connectivity index (χ4n) is 1.70. The lowest BCUT2D eigenvalue weighted by Crippen LogP contribution is -2.39. The Bertz CT molecular complexity index is 416. The minimum atomic E-state index is -0.483. The van der Waals surface area contributed by atoms with Gasteiger partial charge in [-0.25, -0.2) is 5.84 Å². The summed E-state index contributed by atoms with van der Waals surface area (Å²) in [5.74, 6) is 4.98. The molecule has 0 spiro atoms. The second-order valence-corrected chi connectivity index (χ2v) is 4.50. The second kappa shape index (κ2) is 3.67. The van der Waals surface area contributed by atoms with E-state index >= 15 is 0 Å². The first-order valence-corrected chi connectivity index (χ1v) is 5.32. The van der Waals surface area contributed by atoms with Crippen LogP contribution in [-0.4, -0.2) is 5.91 Å². The van der Waals surface area contributed by atoms with Crippen molar-refractivity contribution < 1.29 is 4.79 Å².